The van der Waals surface area contributed by atoms with E-state index < -0.39 is 10.0 Å². The Kier molecular flexibility index (Phi) is 5.59. The number of carbonyl (C=O) groups is 1. The van der Waals surface area contributed by atoms with Gasteiger partial charge in [-0.05, 0) is 44.0 Å². The first kappa shape index (κ1) is 17.4. The first-order valence-corrected chi connectivity index (χ1v) is 8.51. The van der Waals surface area contributed by atoms with Gasteiger partial charge in [0.2, 0.25) is 15.9 Å². The number of anilines is 1. The maximum absolute atomic E-state index is 12.5. The highest BCUT2D eigenvalue weighted by atomic mass is 79.9. The Balaban J connectivity index is 3.21. The van der Waals surface area contributed by atoms with Crippen LogP contribution in [0.25, 0.3) is 0 Å². The number of carbonyl (C=O) groups excluding carboxylic acids is 1. The molecule has 0 fully saturated rings. The number of hydrogen-bond acceptors (Lipinski definition) is 4. The van der Waals surface area contributed by atoms with E-state index in [0.29, 0.717) is 14.6 Å². The zero-order valence-electron chi connectivity index (χ0n) is 11.2. The Morgan fingerprint density at radius 2 is 1.65 bits per heavy atom. The molecule has 0 heterocycles. The van der Waals surface area contributed by atoms with Crippen molar-refractivity contribution in [3.63, 3.8) is 0 Å². The normalized spacial score (nSPS) is 11.7. The van der Waals surface area contributed by atoms with Crippen molar-refractivity contribution >= 4 is 53.5 Å². The fourth-order valence-electron chi connectivity index (χ4n) is 1.40. The van der Waals surface area contributed by atoms with Crippen molar-refractivity contribution in [3.05, 3.63) is 21.1 Å². The molecule has 1 aromatic carbocycles. The predicted octanol–water partition coefficient (Wildman–Crippen LogP) is 1.50. The van der Waals surface area contributed by atoms with Gasteiger partial charge in [-0.25, -0.2) is 8.42 Å². The molecule has 20 heavy (non-hydrogen) atoms. The van der Waals surface area contributed by atoms with Crippen LogP contribution in [0, 0.1) is 0 Å². The number of nitrogens with two attached hydrogens (primary N) is 1. The van der Waals surface area contributed by atoms with E-state index in [1.807, 2.05) is 0 Å². The van der Waals surface area contributed by atoms with Crippen LogP contribution in [0.15, 0.2) is 26.0 Å². The molecule has 2 N–H and O–H groups in total. The molecule has 0 atom stereocenters. The van der Waals surface area contributed by atoms with Gasteiger partial charge in [-0.3, -0.25) is 4.79 Å². The van der Waals surface area contributed by atoms with E-state index in [9.17, 15) is 13.2 Å². The Bertz CT molecular complexity index is 609. The maximum atomic E-state index is 12.5. The van der Waals surface area contributed by atoms with E-state index in [0.717, 1.165) is 4.31 Å². The van der Waals surface area contributed by atoms with Gasteiger partial charge in [-0.15, -0.1) is 0 Å². The zero-order valence-corrected chi connectivity index (χ0v) is 15.2. The molecule has 0 aliphatic heterocycles. The van der Waals surface area contributed by atoms with Crippen LogP contribution in [0.5, 0.6) is 0 Å². The molecule has 112 valence electrons. The van der Waals surface area contributed by atoms with Crippen molar-refractivity contribution < 1.29 is 13.2 Å². The predicted molar refractivity (Wildman–Crippen MR) is 84.8 cm³/mol. The minimum absolute atomic E-state index is 0.0424. The minimum atomic E-state index is -3.81. The van der Waals surface area contributed by atoms with Crippen LogP contribution in [0.2, 0.25) is 0 Å². The van der Waals surface area contributed by atoms with E-state index in [1.165, 1.54) is 24.1 Å². The highest BCUT2D eigenvalue weighted by Crippen LogP contribution is 2.33. The SMILES string of the molecule is CN(C)C(=O)CN(C)S(=O)(=O)c1c(Br)cc(N)cc1Br. The second-order valence-electron chi connectivity index (χ2n) is 4.36. The summed E-state index contributed by atoms with van der Waals surface area (Å²) in [6.45, 7) is -0.238. The lowest BCUT2D eigenvalue weighted by Gasteiger charge is -2.20. The van der Waals surface area contributed by atoms with Gasteiger partial charge in [0.05, 0.1) is 6.54 Å². The summed E-state index contributed by atoms with van der Waals surface area (Å²) < 4.78 is 26.7. The molecule has 0 aliphatic rings. The number of benzene rings is 1. The molecule has 0 aromatic heterocycles. The highest BCUT2D eigenvalue weighted by Gasteiger charge is 2.28. The number of likely N-dealkylation sites (N-methyl/N-ethyl adjacent to an activating group) is 2. The third-order valence-electron chi connectivity index (χ3n) is 2.55. The molecular weight excluding hydrogens is 414 g/mol. The average Bonchev–Trinajstić information content (AvgIpc) is 2.26. The summed E-state index contributed by atoms with van der Waals surface area (Å²) in [6, 6.07) is 3.00. The standard InChI is InChI=1S/C11H15Br2N3O3S/c1-15(2)10(17)6-16(3)20(18,19)11-8(12)4-7(14)5-9(11)13/h4-5H,6,14H2,1-3H3. The molecule has 9 heteroatoms. The number of hydrogen-bond donors (Lipinski definition) is 1. The van der Waals surface area contributed by atoms with Crippen LogP contribution in [0.4, 0.5) is 5.69 Å². The van der Waals surface area contributed by atoms with Crippen LogP contribution >= 0.6 is 31.9 Å². The summed E-state index contributed by atoms with van der Waals surface area (Å²) in [6.07, 6.45) is 0. The molecule has 0 saturated carbocycles. The molecule has 1 amide bonds. The van der Waals surface area contributed by atoms with Crippen molar-refractivity contribution in [3.8, 4) is 0 Å². The van der Waals surface area contributed by atoms with Crippen LogP contribution < -0.4 is 5.73 Å². The number of amides is 1. The second kappa shape index (κ2) is 6.42. The van der Waals surface area contributed by atoms with Crippen molar-refractivity contribution in [1.82, 2.24) is 9.21 Å². The first-order chi connectivity index (χ1) is 9.07. The maximum Gasteiger partial charge on any atom is 0.245 e. The van der Waals surface area contributed by atoms with Crippen LogP contribution in [-0.4, -0.2) is 51.2 Å². The van der Waals surface area contributed by atoms with Crippen molar-refractivity contribution in [2.24, 2.45) is 0 Å². The molecule has 0 unspecified atom stereocenters. The first-order valence-electron chi connectivity index (χ1n) is 5.48. The Hall–Kier alpha value is -0.640. The van der Waals surface area contributed by atoms with Crippen molar-refractivity contribution in [2.75, 3.05) is 33.4 Å². The summed E-state index contributed by atoms with van der Waals surface area (Å²) in [5.74, 6) is -0.307. The van der Waals surface area contributed by atoms with E-state index in [1.54, 1.807) is 14.1 Å². The Morgan fingerprint density at radius 3 is 2.05 bits per heavy atom. The number of halogens is 2. The number of nitrogens with zero attached hydrogens (tertiary/aromatic N) is 2. The largest absolute Gasteiger partial charge is 0.399 e. The fraction of sp³-hybridized carbons (Fsp3) is 0.364. The molecule has 0 aliphatic carbocycles. The monoisotopic (exact) mass is 427 g/mol. The van der Waals surface area contributed by atoms with Gasteiger partial charge in [-0.1, -0.05) is 0 Å². The smallest absolute Gasteiger partial charge is 0.245 e. The van der Waals surface area contributed by atoms with Gasteiger partial charge < -0.3 is 10.6 Å². The number of sulfonamides is 1. The summed E-state index contributed by atoms with van der Waals surface area (Å²) in [5, 5.41) is 0. The van der Waals surface area contributed by atoms with E-state index in [-0.39, 0.29) is 17.3 Å². The topological polar surface area (TPSA) is 83.7 Å². The van der Waals surface area contributed by atoms with E-state index in [2.05, 4.69) is 31.9 Å². The van der Waals surface area contributed by atoms with Gasteiger partial charge in [0.1, 0.15) is 4.90 Å². The lowest BCUT2D eigenvalue weighted by atomic mass is 10.3. The molecule has 6 nitrogen and oxygen atoms in total. The van der Waals surface area contributed by atoms with Crippen LogP contribution in [0.3, 0.4) is 0 Å². The second-order valence-corrected chi connectivity index (χ2v) is 8.05. The molecular formula is C11H15Br2N3O3S. The molecule has 0 spiro atoms. The molecule has 0 bridgehead atoms. The summed E-state index contributed by atoms with van der Waals surface area (Å²) in [5.41, 5.74) is 6.06. The highest BCUT2D eigenvalue weighted by molar-refractivity contribution is 9.11. The average molecular weight is 429 g/mol. The van der Waals surface area contributed by atoms with Gasteiger partial charge >= 0.3 is 0 Å². The minimum Gasteiger partial charge on any atom is -0.399 e. The van der Waals surface area contributed by atoms with Gasteiger partial charge in [-0.2, -0.15) is 4.31 Å². The van der Waals surface area contributed by atoms with E-state index >= 15 is 0 Å². The summed E-state index contributed by atoms with van der Waals surface area (Å²) >= 11 is 6.37. The summed E-state index contributed by atoms with van der Waals surface area (Å²) in [4.78, 5) is 13.0. The number of rotatable bonds is 4. The quantitative estimate of drug-likeness (QED) is 0.736. The fourth-order valence-corrected chi connectivity index (χ4v) is 5.05. The Morgan fingerprint density at radius 1 is 1.20 bits per heavy atom. The third-order valence-corrected chi connectivity index (χ3v) is 6.23. The molecule has 1 aromatic rings. The van der Waals surface area contributed by atoms with Gasteiger partial charge in [0.25, 0.3) is 0 Å². The molecule has 0 saturated heterocycles. The van der Waals surface area contributed by atoms with Crippen LogP contribution in [0.1, 0.15) is 0 Å². The molecule has 0 radical (unpaired) electrons. The van der Waals surface area contributed by atoms with Crippen molar-refractivity contribution in [1.29, 1.82) is 0 Å². The zero-order chi connectivity index (χ0) is 15.7. The Labute approximate surface area is 135 Å². The van der Waals surface area contributed by atoms with Crippen molar-refractivity contribution in [2.45, 2.75) is 4.90 Å². The lowest BCUT2D eigenvalue weighted by Crippen LogP contribution is -2.38. The van der Waals surface area contributed by atoms with E-state index in [4.69, 9.17) is 5.73 Å². The summed E-state index contributed by atoms with van der Waals surface area (Å²) in [7, 11) is 0.679. The van der Waals surface area contributed by atoms with Crippen LogP contribution in [-0.2, 0) is 14.8 Å². The third kappa shape index (κ3) is 3.72. The van der Waals surface area contributed by atoms with Gasteiger partial charge in [0.15, 0.2) is 0 Å². The lowest BCUT2D eigenvalue weighted by molar-refractivity contribution is -0.128. The molecule has 1 rings (SSSR count). The number of nitrogen functional groups attached to an aromatic ring is 1. The van der Waals surface area contributed by atoms with Gasteiger partial charge in [0, 0.05) is 35.8 Å².